The van der Waals surface area contributed by atoms with Gasteiger partial charge in [-0.3, -0.25) is 4.79 Å². The largest absolute Gasteiger partial charge is 0.376 e. The zero-order valence-corrected chi connectivity index (χ0v) is 8.04. The monoisotopic (exact) mass is 187 g/mol. The van der Waals surface area contributed by atoms with Crippen LogP contribution in [-0.2, 0) is 14.3 Å². The minimum Gasteiger partial charge on any atom is -0.376 e. The molecule has 0 radical (unpaired) electrons. The fourth-order valence-corrected chi connectivity index (χ4v) is 1.20. The van der Waals surface area contributed by atoms with Gasteiger partial charge in [-0.15, -0.1) is 0 Å². The van der Waals surface area contributed by atoms with E-state index in [1.165, 1.54) is 0 Å². The number of amides is 1. The van der Waals surface area contributed by atoms with E-state index in [2.05, 4.69) is 5.32 Å². The van der Waals surface area contributed by atoms with Gasteiger partial charge in [0, 0.05) is 13.0 Å². The summed E-state index contributed by atoms with van der Waals surface area (Å²) in [4.78, 5) is 11.1. The molecule has 0 saturated carbocycles. The Morgan fingerprint density at radius 2 is 2.38 bits per heavy atom. The smallest absolute Gasteiger partial charge is 0.220 e. The summed E-state index contributed by atoms with van der Waals surface area (Å²) in [6.45, 7) is 4.44. The number of carbonyl (C=O) groups is 1. The van der Waals surface area contributed by atoms with Crippen LogP contribution in [0.3, 0.4) is 0 Å². The molecule has 1 heterocycles. The third kappa shape index (κ3) is 4.24. The maximum absolute atomic E-state index is 11.1. The molecule has 4 nitrogen and oxygen atoms in total. The van der Waals surface area contributed by atoms with Crippen LogP contribution in [0.5, 0.6) is 0 Å². The SMILES string of the molecule is CCCC(=O)NCC1COCCO1. The molecule has 1 aliphatic heterocycles. The first kappa shape index (κ1) is 10.5. The standard InChI is InChI=1S/C9H17NO3/c1-2-3-9(11)10-6-8-7-12-4-5-13-8/h8H,2-7H2,1H3,(H,10,11). The third-order valence-corrected chi connectivity index (χ3v) is 1.89. The highest BCUT2D eigenvalue weighted by Crippen LogP contribution is 1.99. The van der Waals surface area contributed by atoms with Crippen molar-refractivity contribution in [1.82, 2.24) is 5.32 Å². The molecular weight excluding hydrogens is 170 g/mol. The number of rotatable bonds is 4. The summed E-state index contributed by atoms with van der Waals surface area (Å²) in [7, 11) is 0. The molecule has 0 bridgehead atoms. The predicted molar refractivity (Wildman–Crippen MR) is 48.5 cm³/mol. The van der Waals surface area contributed by atoms with Crippen molar-refractivity contribution in [3.05, 3.63) is 0 Å². The van der Waals surface area contributed by atoms with Gasteiger partial charge in [-0.1, -0.05) is 6.92 Å². The lowest BCUT2D eigenvalue weighted by Gasteiger charge is -2.22. The Morgan fingerprint density at radius 1 is 1.54 bits per heavy atom. The molecule has 0 aromatic heterocycles. The van der Waals surface area contributed by atoms with Crippen LogP contribution in [0.25, 0.3) is 0 Å². The van der Waals surface area contributed by atoms with Crippen LogP contribution in [0.1, 0.15) is 19.8 Å². The summed E-state index contributed by atoms with van der Waals surface area (Å²) >= 11 is 0. The average Bonchev–Trinajstić information content (AvgIpc) is 2.17. The molecule has 1 N–H and O–H groups in total. The molecule has 13 heavy (non-hydrogen) atoms. The van der Waals surface area contributed by atoms with Crippen molar-refractivity contribution >= 4 is 5.91 Å². The normalized spacial score (nSPS) is 22.7. The topological polar surface area (TPSA) is 47.6 Å². The minimum atomic E-state index is 0.0366. The van der Waals surface area contributed by atoms with Gasteiger partial charge in [0.2, 0.25) is 5.91 Å². The first-order valence-electron chi connectivity index (χ1n) is 4.79. The summed E-state index contributed by atoms with van der Waals surface area (Å²) in [6.07, 6.45) is 1.51. The van der Waals surface area contributed by atoms with Crippen molar-refractivity contribution in [2.45, 2.75) is 25.9 Å². The van der Waals surface area contributed by atoms with Crippen molar-refractivity contribution in [2.24, 2.45) is 0 Å². The molecule has 0 aliphatic carbocycles. The van der Waals surface area contributed by atoms with E-state index in [1.54, 1.807) is 0 Å². The van der Waals surface area contributed by atoms with Crippen molar-refractivity contribution in [2.75, 3.05) is 26.4 Å². The molecule has 4 heteroatoms. The highest BCUT2D eigenvalue weighted by atomic mass is 16.6. The maximum Gasteiger partial charge on any atom is 0.220 e. The molecule has 1 aliphatic rings. The van der Waals surface area contributed by atoms with E-state index in [9.17, 15) is 4.79 Å². The zero-order chi connectivity index (χ0) is 9.52. The summed E-state index contributed by atoms with van der Waals surface area (Å²) in [5.41, 5.74) is 0. The number of nitrogens with one attached hydrogen (secondary N) is 1. The maximum atomic E-state index is 11.1. The van der Waals surface area contributed by atoms with Gasteiger partial charge in [0.25, 0.3) is 0 Å². The van der Waals surface area contributed by atoms with Crippen LogP contribution in [0.4, 0.5) is 0 Å². The molecule has 1 saturated heterocycles. The lowest BCUT2D eigenvalue weighted by atomic mass is 10.3. The van der Waals surface area contributed by atoms with E-state index in [1.807, 2.05) is 6.92 Å². The Morgan fingerprint density at radius 3 is 3.00 bits per heavy atom. The Labute approximate surface area is 78.6 Å². The Kier molecular flexibility index (Phi) is 4.78. The van der Waals surface area contributed by atoms with Crippen LogP contribution >= 0.6 is 0 Å². The van der Waals surface area contributed by atoms with Gasteiger partial charge in [-0.2, -0.15) is 0 Å². The minimum absolute atomic E-state index is 0.0366. The second kappa shape index (κ2) is 5.94. The quantitative estimate of drug-likeness (QED) is 0.689. The highest BCUT2D eigenvalue weighted by molar-refractivity contribution is 5.75. The Bertz CT molecular complexity index is 155. The Balaban J connectivity index is 2.06. The van der Waals surface area contributed by atoms with E-state index in [4.69, 9.17) is 9.47 Å². The number of carbonyl (C=O) groups excluding carboxylic acids is 1. The third-order valence-electron chi connectivity index (χ3n) is 1.89. The second-order valence-corrected chi connectivity index (χ2v) is 3.12. The first-order valence-corrected chi connectivity index (χ1v) is 4.79. The predicted octanol–water partition coefficient (Wildman–Crippen LogP) is 0.318. The first-order chi connectivity index (χ1) is 6.33. The van der Waals surface area contributed by atoms with Gasteiger partial charge in [-0.25, -0.2) is 0 Å². The van der Waals surface area contributed by atoms with E-state index in [-0.39, 0.29) is 12.0 Å². The van der Waals surface area contributed by atoms with Crippen LogP contribution in [0.15, 0.2) is 0 Å². The van der Waals surface area contributed by atoms with Gasteiger partial charge < -0.3 is 14.8 Å². The molecule has 1 amide bonds. The summed E-state index contributed by atoms with van der Waals surface area (Å²) in [5, 5.41) is 2.81. The van der Waals surface area contributed by atoms with Gasteiger partial charge in [0.05, 0.1) is 25.9 Å². The lowest BCUT2D eigenvalue weighted by Crippen LogP contribution is -2.39. The number of ether oxygens (including phenoxy) is 2. The van der Waals surface area contributed by atoms with E-state index in [0.29, 0.717) is 32.8 Å². The second-order valence-electron chi connectivity index (χ2n) is 3.12. The molecule has 1 rings (SSSR count). The van der Waals surface area contributed by atoms with Crippen LogP contribution in [0, 0.1) is 0 Å². The molecule has 1 atom stereocenters. The van der Waals surface area contributed by atoms with Crippen molar-refractivity contribution < 1.29 is 14.3 Å². The van der Waals surface area contributed by atoms with E-state index < -0.39 is 0 Å². The summed E-state index contributed by atoms with van der Waals surface area (Å²) in [6, 6.07) is 0. The number of hydrogen-bond donors (Lipinski definition) is 1. The van der Waals surface area contributed by atoms with Gasteiger partial charge in [-0.05, 0) is 6.42 Å². The van der Waals surface area contributed by atoms with E-state index >= 15 is 0 Å². The summed E-state index contributed by atoms with van der Waals surface area (Å²) in [5.74, 6) is 0.0941. The Hall–Kier alpha value is -0.610. The van der Waals surface area contributed by atoms with E-state index in [0.717, 1.165) is 6.42 Å². The number of hydrogen-bond acceptors (Lipinski definition) is 3. The lowest BCUT2D eigenvalue weighted by molar-refractivity contribution is -0.124. The molecule has 76 valence electrons. The van der Waals surface area contributed by atoms with Crippen molar-refractivity contribution in [3.8, 4) is 0 Å². The molecular formula is C9H17NO3. The molecule has 0 aromatic rings. The van der Waals surface area contributed by atoms with Gasteiger partial charge in [0.15, 0.2) is 0 Å². The van der Waals surface area contributed by atoms with Crippen molar-refractivity contribution in [1.29, 1.82) is 0 Å². The molecule has 0 aromatic carbocycles. The summed E-state index contributed by atoms with van der Waals surface area (Å²) < 4.78 is 10.6. The zero-order valence-electron chi connectivity index (χ0n) is 8.04. The van der Waals surface area contributed by atoms with Crippen molar-refractivity contribution in [3.63, 3.8) is 0 Å². The van der Waals surface area contributed by atoms with Crippen LogP contribution in [-0.4, -0.2) is 38.4 Å². The highest BCUT2D eigenvalue weighted by Gasteiger charge is 2.14. The van der Waals surface area contributed by atoms with Crippen LogP contribution < -0.4 is 5.32 Å². The van der Waals surface area contributed by atoms with Crippen LogP contribution in [0.2, 0.25) is 0 Å². The molecule has 0 spiro atoms. The average molecular weight is 187 g/mol. The molecule has 1 unspecified atom stereocenters. The van der Waals surface area contributed by atoms with Gasteiger partial charge in [0.1, 0.15) is 0 Å². The van der Waals surface area contributed by atoms with Gasteiger partial charge >= 0.3 is 0 Å². The fourth-order valence-electron chi connectivity index (χ4n) is 1.20. The fraction of sp³-hybridized carbons (Fsp3) is 0.889. The molecule has 1 fully saturated rings.